The van der Waals surface area contributed by atoms with Crippen molar-refractivity contribution in [2.75, 3.05) is 20.7 Å². The average Bonchev–Trinajstić information content (AvgIpc) is 2.46. The lowest BCUT2D eigenvalue weighted by Gasteiger charge is -2.21. The van der Waals surface area contributed by atoms with Crippen LogP contribution in [0, 0.1) is 0 Å². The van der Waals surface area contributed by atoms with E-state index in [0.717, 1.165) is 11.6 Å². The number of nitrogens with zero attached hydrogens (tertiary/aromatic N) is 1. The van der Waals surface area contributed by atoms with E-state index in [1.165, 1.54) is 23.4 Å². The van der Waals surface area contributed by atoms with Crippen LogP contribution in [0.15, 0.2) is 6.07 Å². The van der Waals surface area contributed by atoms with Gasteiger partial charge in [0.15, 0.2) is 5.06 Å². The number of ether oxygens (including phenoxy) is 1. The lowest BCUT2D eigenvalue weighted by Crippen LogP contribution is -2.25. The highest BCUT2D eigenvalue weighted by Crippen LogP contribution is 2.32. The summed E-state index contributed by atoms with van der Waals surface area (Å²) >= 11 is 1.79. The lowest BCUT2D eigenvalue weighted by molar-refractivity contribution is 0.315. The van der Waals surface area contributed by atoms with Crippen LogP contribution < -0.4 is 4.74 Å². The number of rotatable bonds is 1. The summed E-state index contributed by atoms with van der Waals surface area (Å²) < 4.78 is 5.20. The van der Waals surface area contributed by atoms with E-state index in [1.807, 2.05) is 0 Å². The maximum Gasteiger partial charge on any atom is 0.173 e. The summed E-state index contributed by atoms with van der Waals surface area (Å²) in [5.41, 5.74) is 1.45. The van der Waals surface area contributed by atoms with Gasteiger partial charge in [-0.25, -0.2) is 0 Å². The van der Waals surface area contributed by atoms with Crippen molar-refractivity contribution in [3.8, 4) is 5.06 Å². The predicted molar refractivity (Wildman–Crippen MR) is 50.9 cm³/mol. The molecule has 0 saturated heterocycles. The summed E-state index contributed by atoms with van der Waals surface area (Å²) in [4.78, 5) is 3.85. The fraction of sp³-hybridized carbons (Fsp3) is 0.556. The highest BCUT2D eigenvalue weighted by Gasteiger charge is 2.16. The molecular weight excluding hydrogens is 170 g/mol. The second-order valence-electron chi connectivity index (χ2n) is 3.21. The first-order valence-electron chi connectivity index (χ1n) is 4.13. The van der Waals surface area contributed by atoms with Gasteiger partial charge in [0, 0.05) is 18.0 Å². The van der Waals surface area contributed by atoms with Crippen molar-refractivity contribution < 1.29 is 4.74 Å². The third-order valence-electron chi connectivity index (χ3n) is 2.24. The van der Waals surface area contributed by atoms with E-state index in [4.69, 9.17) is 4.74 Å². The van der Waals surface area contributed by atoms with Gasteiger partial charge in [0.25, 0.3) is 0 Å². The third kappa shape index (κ3) is 1.34. The number of fused-ring (bicyclic) bond motifs is 1. The Morgan fingerprint density at radius 3 is 3.17 bits per heavy atom. The molecule has 0 spiro atoms. The van der Waals surface area contributed by atoms with E-state index in [-0.39, 0.29) is 0 Å². The minimum Gasteiger partial charge on any atom is -0.487 e. The van der Waals surface area contributed by atoms with Crippen LogP contribution in [0.3, 0.4) is 0 Å². The van der Waals surface area contributed by atoms with E-state index in [2.05, 4.69) is 18.0 Å². The number of thiophene rings is 1. The first kappa shape index (κ1) is 8.08. The normalized spacial score (nSPS) is 17.5. The second kappa shape index (κ2) is 3.07. The molecule has 2 rings (SSSR count). The summed E-state index contributed by atoms with van der Waals surface area (Å²) in [5.74, 6) is 0. The topological polar surface area (TPSA) is 12.5 Å². The van der Waals surface area contributed by atoms with Crippen molar-refractivity contribution in [1.82, 2.24) is 4.90 Å². The molecule has 0 atom stereocenters. The van der Waals surface area contributed by atoms with Crippen molar-refractivity contribution >= 4 is 11.3 Å². The van der Waals surface area contributed by atoms with Gasteiger partial charge in [-0.05, 0) is 25.1 Å². The number of hydrogen-bond acceptors (Lipinski definition) is 3. The monoisotopic (exact) mass is 183 g/mol. The zero-order valence-corrected chi connectivity index (χ0v) is 8.28. The molecule has 2 heterocycles. The molecule has 1 aliphatic heterocycles. The van der Waals surface area contributed by atoms with Crippen molar-refractivity contribution in [2.24, 2.45) is 0 Å². The molecule has 0 bridgehead atoms. The summed E-state index contributed by atoms with van der Waals surface area (Å²) in [5, 5.41) is 1.05. The zero-order valence-electron chi connectivity index (χ0n) is 7.46. The standard InChI is InChI=1S/C9H13NOS/c1-10-4-3-8-7(6-10)5-9(11-2)12-8/h5H,3-4,6H2,1-2H3. The maximum atomic E-state index is 5.20. The van der Waals surface area contributed by atoms with Gasteiger partial charge in [-0.2, -0.15) is 0 Å². The van der Waals surface area contributed by atoms with Gasteiger partial charge < -0.3 is 9.64 Å². The van der Waals surface area contributed by atoms with Crippen LogP contribution in [-0.4, -0.2) is 25.6 Å². The van der Waals surface area contributed by atoms with Gasteiger partial charge in [-0.3, -0.25) is 0 Å². The molecule has 2 nitrogen and oxygen atoms in total. The smallest absolute Gasteiger partial charge is 0.173 e. The Labute approximate surface area is 76.8 Å². The summed E-state index contributed by atoms with van der Waals surface area (Å²) in [7, 11) is 3.90. The molecule has 0 unspecified atom stereocenters. The Morgan fingerprint density at radius 1 is 1.58 bits per heavy atom. The molecule has 0 aromatic carbocycles. The largest absolute Gasteiger partial charge is 0.487 e. The third-order valence-corrected chi connectivity index (χ3v) is 3.43. The van der Waals surface area contributed by atoms with E-state index in [0.29, 0.717) is 0 Å². The van der Waals surface area contributed by atoms with E-state index >= 15 is 0 Å². The summed E-state index contributed by atoms with van der Waals surface area (Å²) in [6.07, 6.45) is 1.18. The molecular formula is C9H13NOS. The van der Waals surface area contributed by atoms with Crippen molar-refractivity contribution in [2.45, 2.75) is 13.0 Å². The predicted octanol–water partition coefficient (Wildman–Crippen LogP) is 1.74. The van der Waals surface area contributed by atoms with Crippen molar-refractivity contribution in [3.63, 3.8) is 0 Å². The van der Waals surface area contributed by atoms with E-state index in [9.17, 15) is 0 Å². The number of likely N-dealkylation sites (N-methyl/N-ethyl adjacent to an activating group) is 1. The average molecular weight is 183 g/mol. The van der Waals surface area contributed by atoms with Crippen molar-refractivity contribution in [3.05, 3.63) is 16.5 Å². The quantitative estimate of drug-likeness (QED) is 0.657. The maximum absolute atomic E-state index is 5.20. The van der Waals surface area contributed by atoms with Crippen molar-refractivity contribution in [1.29, 1.82) is 0 Å². The minimum absolute atomic E-state index is 1.05. The number of methoxy groups -OCH3 is 1. The fourth-order valence-electron chi connectivity index (χ4n) is 1.55. The second-order valence-corrected chi connectivity index (χ2v) is 4.31. The number of hydrogen-bond donors (Lipinski definition) is 0. The molecule has 0 fully saturated rings. The molecule has 66 valence electrons. The van der Waals surface area contributed by atoms with Gasteiger partial charge in [0.2, 0.25) is 0 Å². The lowest BCUT2D eigenvalue weighted by atomic mass is 10.1. The van der Waals surface area contributed by atoms with Gasteiger partial charge in [0.05, 0.1) is 7.11 Å². The Kier molecular flexibility index (Phi) is 2.07. The van der Waals surface area contributed by atoms with E-state index in [1.54, 1.807) is 18.4 Å². The molecule has 1 aliphatic rings. The highest BCUT2D eigenvalue weighted by molar-refractivity contribution is 7.14. The Bertz CT molecular complexity index is 282. The van der Waals surface area contributed by atoms with Crippen LogP contribution >= 0.6 is 11.3 Å². The van der Waals surface area contributed by atoms with Crippen LogP contribution in [0.25, 0.3) is 0 Å². The van der Waals surface area contributed by atoms with Crippen LogP contribution in [0.1, 0.15) is 10.4 Å². The highest BCUT2D eigenvalue weighted by atomic mass is 32.1. The fourth-order valence-corrected chi connectivity index (χ4v) is 2.52. The molecule has 0 radical (unpaired) electrons. The molecule has 12 heavy (non-hydrogen) atoms. The van der Waals surface area contributed by atoms with Crippen LogP contribution in [0.4, 0.5) is 0 Å². The zero-order chi connectivity index (χ0) is 8.55. The van der Waals surface area contributed by atoms with Crippen LogP contribution in [0.2, 0.25) is 0 Å². The van der Waals surface area contributed by atoms with Gasteiger partial charge in [-0.1, -0.05) is 0 Å². The molecule has 1 aromatic rings. The van der Waals surface area contributed by atoms with Gasteiger partial charge in [0.1, 0.15) is 0 Å². The van der Waals surface area contributed by atoms with Gasteiger partial charge >= 0.3 is 0 Å². The first-order chi connectivity index (χ1) is 5.79. The molecule has 1 aromatic heterocycles. The molecule has 0 aliphatic carbocycles. The molecule has 0 saturated carbocycles. The molecule has 0 N–H and O–H groups in total. The molecule has 0 amide bonds. The van der Waals surface area contributed by atoms with Crippen LogP contribution in [0.5, 0.6) is 5.06 Å². The molecule has 3 heteroatoms. The Balaban J connectivity index is 2.28. The summed E-state index contributed by atoms with van der Waals surface area (Å²) in [6, 6.07) is 2.16. The van der Waals surface area contributed by atoms with Gasteiger partial charge in [-0.15, -0.1) is 11.3 Å². The van der Waals surface area contributed by atoms with Crippen LogP contribution in [-0.2, 0) is 13.0 Å². The Hall–Kier alpha value is -0.540. The Morgan fingerprint density at radius 2 is 2.42 bits per heavy atom. The minimum atomic E-state index is 1.05. The summed E-state index contributed by atoms with van der Waals surface area (Å²) in [6.45, 7) is 2.26. The SMILES string of the molecule is COc1cc2c(s1)CCN(C)C2. The first-order valence-corrected chi connectivity index (χ1v) is 4.95. The van der Waals surface area contributed by atoms with E-state index < -0.39 is 0 Å².